The molecule has 0 bridgehead atoms. The molecule has 1 aromatic carbocycles. The van der Waals surface area contributed by atoms with Gasteiger partial charge in [0.25, 0.3) is 5.24 Å². The van der Waals surface area contributed by atoms with Gasteiger partial charge in [0.1, 0.15) is 11.5 Å². The van der Waals surface area contributed by atoms with E-state index in [4.69, 9.17) is 21.1 Å². The number of ether oxygens (including phenoxy) is 2. The van der Waals surface area contributed by atoms with Crippen LogP contribution in [0.5, 0.6) is 11.5 Å². The number of halogens is 1. The predicted octanol–water partition coefficient (Wildman–Crippen LogP) is 5.55. The Bertz CT molecular complexity index is 483. The first-order valence-corrected chi connectivity index (χ1v) is 8.52. The third-order valence-corrected chi connectivity index (χ3v) is 3.66. The summed E-state index contributed by atoms with van der Waals surface area (Å²) in [5.41, 5.74) is 1.41. The van der Waals surface area contributed by atoms with E-state index >= 15 is 0 Å². The SMILES string of the molecule is CCCCOc1cc(OCCCC)c(C(C)C)cc1C(=O)Cl. The van der Waals surface area contributed by atoms with Gasteiger partial charge in [0.2, 0.25) is 0 Å². The fourth-order valence-corrected chi connectivity index (χ4v) is 2.23. The number of rotatable bonds is 10. The van der Waals surface area contributed by atoms with Crippen molar-refractivity contribution in [2.75, 3.05) is 13.2 Å². The highest BCUT2D eigenvalue weighted by atomic mass is 35.5. The molecule has 0 aliphatic carbocycles. The minimum absolute atomic E-state index is 0.246. The molecule has 1 aromatic rings. The van der Waals surface area contributed by atoms with Gasteiger partial charge in [-0.25, -0.2) is 0 Å². The van der Waals surface area contributed by atoms with Crippen LogP contribution in [0.25, 0.3) is 0 Å². The van der Waals surface area contributed by atoms with Crippen molar-refractivity contribution in [2.24, 2.45) is 0 Å². The van der Waals surface area contributed by atoms with E-state index in [0.29, 0.717) is 24.5 Å². The molecular weight excluding hydrogens is 300 g/mol. The van der Waals surface area contributed by atoms with Crippen LogP contribution >= 0.6 is 11.6 Å². The summed E-state index contributed by atoms with van der Waals surface area (Å²) in [5, 5.41) is -0.492. The Morgan fingerprint density at radius 3 is 2.05 bits per heavy atom. The maximum Gasteiger partial charge on any atom is 0.256 e. The monoisotopic (exact) mass is 326 g/mol. The van der Waals surface area contributed by atoms with Crippen LogP contribution in [0.15, 0.2) is 12.1 Å². The molecule has 0 fully saturated rings. The van der Waals surface area contributed by atoms with E-state index in [1.54, 1.807) is 0 Å². The standard InChI is InChI=1S/C18H27ClO3/c1-5-7-9-21-16-12-17(22-10-8-6-2)15(18(19)20)11-14(16)13(3)4/h11-13H,5-10H2,1-4H3. The van der Waals surface area contributed by atoms with Crippen LogP contribution in [0.2, 0.25) is 0 Å². The first-order chi connectivity index (χ1) is 10.5. The molecule has 3 nitrogen and oxygen atoms in total. The van der Waals surface area contributed by atoms with E-state index in [1.165, 1.54) is 0 Å². The number of unbranched alkanes of at least 4 members (excludes halogenated alkanes) is 2. The minimum atomic E-state index is -0.492. The highest BCUT2D eigenvalue weighted by molar-refractivity contribution is 6.68. The van der Waals surface area contributed by atoms with Crippen LogP contribution in [0.4, 0.5) is 0 Å². The fourth-order valence-electron chi connectivity index (χ4n) is 2.08. The molecule has 1 rings (SSSR count). The van der Waals surface area contributed by atoms with Gasteiger partial charge in [-0.05, 0) is 42.0 Å². The number of carbonyl (C=O) groups is 1. The molecule has 0 radical (unpaired) electrons. The maximum atomic E-state index is 11.7. The summed E-state index contributed by atoms with van der Waals surface area (Å²) < 4.78 is 11.6. The third kappa shape index (κ3) is 5.53. The van der Waals surface area contributed by atoms with E-state index in [1.807, 2.05) is 12.1 Å². The first kappa shape index (κ1) is 18.8. The number of benzene rings is 1. The smallest absolute Gasteiger partial charge is 0.256 e. The molecule has 22 heavy (non-hydrogen) atoms. The summed E-state index contributed by atoms with van der Waals surface area (Å²) in [6.45, 7) is 9.60. The number of carbonyl (C=O) groups excluding carboxylic acids is 1. The average Bonchev–Trinajstić information content (AvgIpc) is 2.47. The van der Waals surface area contributed by atoms with Gasteiger partial charge in [0, 0.05) is 6.07 Å². The van der Waals surface area contributed by atoms with Gasteiger partial charge in [-0.2, -0.15) is 0 Å². The summed E-state index contributed by atoms with van der Waals surface area (Å²) in [4.78, 5) is 11.7. The van der Waals surface area contributed by atoms with E-state index in [9.17, 15) is 4.79 Å². The summed E-state index contributed by atoms with van der Waals surface area (Å²) >= 11 is 5.72. The summed E-state index contributed by atoms with van der Waals surface area (Å²) in [6.07, 6.45) is 4.05. The topological polar surface area (TPSA) is 35.5 Å². The molecule has 0 unspecified atom stereocenters. The van der Waals surface area contributed by atoms with Crippen molar-refractivity contribution in [3.63, 3.8) is 0 Å². The Balaban J connectivity index is 3.11. The van der Waals surface area contributed by atoms with Gasteiger partial charge < -0.3 is 9.47 Å². The number of hydrogen-bond donors (Lipinski definition) is 0. The van der Waals surface area contributed by atoms with E-state index in [0.717, 1.165) is 37.0 Å². The van der Waals surface area contributed by atoms with Crippen LogP contribution in [0, 0.1) is 0 Å². The molecule has 0 aromatic heterocycles. The second kappa shape index (κ2) is 9.73. The van der Waals surface area contributed by atoms with Gasteiger partial charge in [-0.3, -0.25) is 4.79 Å². The second-order valence-electron chi connectivity index (χ2n) is 5.72. The Morgan fingerprint density at radius 2 is 1.59 bits per heavy atom. The van der Waals surface area contributed by atoms with E-state index < -0.39 is 5.24 Å². The van der Waals surface area contributed by atoms with Crippen LogP contribution in [0.1, 0.15) is 75.2 Å². The molecule has 0 N–H and O–H groups in total. The van der Waals surface area contributed by atoms with Crippen LogP contribution in [-0.4, -0.2) is 18.5 Å². The molecule has 4 heteroatoms. The minimum Gasteiger partial charge on any atom is -0.493 e. The van der Waals surface area contributed by atoms with Crippen LogP contribution in [-0.2, 0) is 0 Å². The van der Waals surface area contributed by atoms with Crippen molar-refractivity contribution in [1.29, 1.82) is 0 Å². The predicted molar refractivity (Wildman–Crippen MR) is 91.5 cm³/mol. The second-order valence-corrected chi connectivity index (χ2v) is 6.06. The summed E-state index contributed by atoms with van der Waals surface area (Å²) in [7, 11) is 0. The van der Waals surface area contributed by atoms with E-state index in [2.05, 4.69) is 27.7 Å². The molecule has 124 valence electrons. The molecule has 0 amide bonds. The van der Waals surface area contributed by atoms with Gasteiger partial charge in [-0.1, -0.05) is 40.5 Å². The van der Waals surface area contributed by atoms with Crippen molar-refractivity contribution in [3.8, 4) is 11.5 Å². The largest absolute Gasteiger partial charge is 0.493 e. The Hall–Kier alpha value is -1.22. The van der Waals surface area contributed by atoms with Gasteiger partial charge in [0.05, 0.1) is 18.8 Å². The zero-order valence-electron chi connectivity index (χ0n) is 14.1. The van der Waals surface area contributed by atoms with Crippen LogP contribution in [0.3, 0.4) is 0 Å². The van der Waals surface area contributed by atoms with Crippen molar-refractivity contribution < 1.29 is 14.3 Å². The van der Waals surface area contributed by atoms with Crippen molar-refractivity contribution in [2.45, 2.75) is 59.3 Å². The molecule has 0 saturated heterocycles. The zero-order chi connectivity index (χ0) is 16.5. The molecule has 0 aliphatic rings. The zero-order valence-corrected chi connectivity index (χ0v) is 14.8. The quantitative estimate of drug-likeness (QED) is 0.418. The molecular formula is C18H27ClO3. The Labute approximate surface area is 139 Å². The van der Waals surface area contributed by atoms with Gasteiger partial charge in [0.15, 0.2) is 0 Å². The molecule has 0 saturated carbocycles. The Kier molecular flexibility index (Phi) is 8.32. The lowest BCUT2D eigenvalue weighted by Gasteiger charge is -2.18. The lowest BCUT2D eigenvalue weighted by molar-refractivity contribution is 0.107. The Morgan fingerprint density at radius 1 is 1.05 bits per heavy atom. The van der Waals surface area contributed by atoms with Crippen molar-refractivity contribution in [1.82, 2.24) is 0 Å². The molecule has 0 atom stereocenters. The molecule has 0 spiro atoms. The molecule has 0 heterocycles. The van der Waals surface area contributed by atoms with Crippen LogP contribution < -0.4 is 9.47 Å². The van der Waals surface area contributed by atoms with Gasteiger partial charge in [-0.15, -0.1) is 0 Å². The third-order valence-electron chi connectivity index (χ3n) is 3.46. The van der Waals surface area contributed by atoms with Gasteiger partial charge >= 0.3 is 0 Å². The summed E-state index contributed by atoms with van der Waals surface area (Å²) in [5.74, 6) is 1.55. The summed E-state index contributed by atoms with van der Waals surface area (Å²) in [6, 6.07) is 3.62. The normalized spacial score (nSPS) is 10.8. The van der Waals surface area contributed by atoms with Crippen molar-refractivity contribution >= 4 is 16.8 Å². The number of hydrogen-bond acceptors (Lipinski definition) is 3. The average molecular weight is 327 g/mol. The lowest BCUT2D eigenvalue weighted by atomic mass is 9.99. The highest BCUT2D eigenvalue weighted by Gasteiger charge is 2.18. The highest BCUT2D eigenvalue weighted by Crippen LogP contribution is 2.35. The van der Waals surface area contributed by atoms with Crippen molar-refractivity contribution in [3.05, 3.63) is 23.3 Å². The first-order valence-electron chi connectivity index (χ1n) is 8.14. The maximum absolute atomic E-state index is 11.7. The fraction of sp³-hybridized carbons (Fsp3) is 0.611. The lowest BCUT2D eigenvalue weighted by Crippen LogP contribution is -2.07. The molecule has 0 aliphatic heterocycles. The van der Waals surface area contributed by atoms with E-state index in [-0.39, 0.29) is 5.92 Å².